The zero-order valence-electron chi connectivity index (χ0n) is 16.8. The number of piperazine rings is 1. The van der Waals surface area contributed by atoms with Gasteiger partial charge >= 0.3 is 0 Å². The van der Waals surface area contributed by atoms with Crippen molar-refractivity contribution in [2.24, 2.45) is 0 Å². The SMILES string of the molecule is CCC(Oc1ccccc1C(C)C)C(=O)N1CCC(N2CCNCC2)C1.Cl. The van der Waals surface area contributed by atoms with Gasteiger partial charge in [-0.15, -0.1) is 12.4 Å². The first kappa shape index (κ1) is 22.0. The summed E-state index contributed by atoms with van der Waals surface area (Å²) in [6.45, 7) is 12.3. The molecule has 1 aromatic rings. The summed E-state index contributed by atoms with van der Waals surface area (Å²) in [5.41, 5.74) is 1.17. The molecule has 3 rings (SSSR count). The van der Waals surface area contributed by atoms with E-state index < -0.39 is 6.10 Å². The van der Waals surface area contributed by atoms with E-state index in [0.717, 1.165) is 51.4 Å². The van der Waals surface area contributed by atoms with Gasteiger partial charge in [0.15, 0.2) is 6.10 Å². The van der Waals surface area contributed by atoms with Gasteiger partial charge in [-0.05, 0) is 30.4 Å². The number of benzene rings is 1. The zero-order chi connectivity index (χ0) is 18.5. The van der Waals surface area contributed by atoms with Gasteiger partial charge in [0, 0.05) is 45.3 Å². The maximum Gasteiger partial charge on any atom is 0.263 e. The van der Waals surface area contributed by atoms with E-state index in [4.69, 9.17) is 4.74 Å². The Hall–Kier alpha value is -1.30. The van der Waals surface area contributed by atoms with Gasteiger partial charge in [-0.1, -0.05) is 39.0 Å². The fourth-order valence-corrected chi connectivity index (χ4v) is 4.02. The molecule has 6 heteroatoms. The van der Waals surface area contributed by atoms with Crippen molar-refractivity contribution in [3.63, 3.8) is 0 Å². The highest BCUT2D eigenvalue weighted by Gasteiger charge is 2.34. The van der Waals surface area contributed by atoms with Crippen LogP contribution in [0.25, 0.3) is 0 Å². The van der Waals surface area contributed by atoms with E-state index >= 15 is 0 Å². The monoisotopic (exact) mass is 395 g/mol. The van der Waals surface area contributed by atoms with Gasteiger partial charge in [0.1, 0.15) is 5.75 Å². The van der Waals surface area contributed by atoms with Crippen LogP contribution in [-0.2, 0) is 4.79 Å². The second-order valence-corrected chi connectivity index (χ2v) is 7.72. The first-order valence-corrected chi connectivity index (χ1v) is 10.1. The highest BCUT2D eigenvalue weighted by molar-refractivity contribution is 5.85. The van der Waals surface area contributed by atoms with Crippen molar-refractivity contribution in [3.05, 3.63) is 29.8 Å². The summed E-state index contributed by atoms with van der Waals surface area (Å²) in [4.78, 5) is 17.6. The number of halogens is 1. The summed E-state index contributed by atoms with van der Waals surface area (Å²) in [7, 11) is 0. The third kappa shape index (κ3) is 5.37. The summed E-state index contributed by atoms with van der Waals surface area (Å²) < 4.78 is 6.20. The molecule has 5 nitrogen and oxygen atoms in total. The summed E-state index contributed by atoms with van der Waals surface area (Å²) in [5.74, 6) is 1.37. The lowest BCUT2D eigenvalue weighted by Crippen LogP contribution is -2.50. The fourth-order valence-electron chi connectivity index (χ4n) is 4.02. The van der Waals surface area contributed by atoms with E-state index in [-0.39, 0.29) is 18.3 Å². The van der Waals surface area contributed by atoms with Crippen LogP contribution in [0.3, 0.4) is 0 Å². The first-order chi connectivity index (χ1) is 12.6. The van der Waals surface area contributed by atoms with E-state index in [1.165, 1.54) is 5.56 Å². The normalized spacial score (nSPS) is 21.8. The van der Waals surface area contributed by atoms with Crippen molar-refractivity contribution in [2.75, 3.05) is 39.3 Å². The average molecular weight is 396 g/mol. The topological polar surface area (TPSA) is 44.8 Å². The predicted molar refractivity (Wildman–Crippen MR) is 112 cm³/mol. The molecule has 2 fully saturated rings. The third-order valence-corrected chi connectivity index (χ3v) is 5.60. The van der Waals surface area contributed by atoms with Gasteiger partial charge in [0.05, 0.1) is 0 Å². The fraction of sp³-hybridized carbons (Fsp3) is 0.667. The van der Waals surface area contributed by atoms with Crippen LogP contribution in [0.2, 0.25) is 0 Å². The molecule has 2 heterocycles. The summed E-state index contributed by atoms with van der Waals surface area (Å²) >= 11 is 0. The van der Waals surface area contributed by atoms with Gasteiger partial charge < -0.3 is 15.0 Å². The molecule has 2 aliphatic heterocycles. The molecule has 1 amide bonds. The second-order valence-electron chi connectivity index (χ2n) is 7.72. The van der Waals surface area contributed by atoms with Crippen LogP contribution in [0.1, 0.15) is 45.1 Å². The zero-order valence-corrected chi connectivity index (χ0v) is 17.6. The number of hydrogen-bond donors (Lipinski definition) is 1. The number of nitrogens with zero attached hydrogens (tertiary/aromatic N) is 2. The van der Waals surface area contributed by atoms with Crippen LogP contribution in [0.4, 0.5) is 0 Å². The Morgan fingerprint density at radius 2 is 1.93 bits per heavy atom. The van der Waals surface area contributed by atoms with Crippen LogP contribution in [-0.4, -0.2) is 67.1 Å². The quantitative estimate of drug-likeness (QED) is 0.804. The minimum atomic E-state index is -0.392. The van der Waals surface area contributed by atoms with E-state index in [1.807, 2.05) is 30.0 Å². The van der Waals surface area contributed by atoms with E-state index in [2.05, 4.69) is 30.1 Å². The predicted octanol–water partition coefficient (Wildman–Crippen LogP) is 2.90. The lowest BCUT2D eigenvalue weighted by atomic mass is 10.0. The van der Waals surface area contributed by atoms with Crippen LogP contribution >= 0.6 is 12.4 Å². The van der Waals surface area contributed by atoms with Crippen LogP contribution < -0.4 is 10.1 Å². The van der Waals surface area contributed by atoms with Crippen molar-refractivity contribution in [2.45, 2.75) is 51.7 Å². The molecular weight excluding hydrogens is 362 g/mol. The maximum absolute atomic E-state index is 13.1. The molecule has 27 heavy (non-hydrogen) atoms. The lowest BCUT2D eigenvalue weighted by molar-refractivity contribution is -0.138. The largest absolute Gasteiger partial charge is 0.480 e. The molecule has 2 aliphatic rings. The van der Waals surface area contributed by atoms with Gasteiger partial charge in [-0.3, -0.25) is 9.69 Å². The Morgan fingerprint density at radius 3 is 2.59 bits per heavy atom. The highest BCUT2D eigenvalue weighted by atomic mass is 35.5. The Bertz CT molecular complexity index is 605. The number of carbonyl (C=O) groups is 1. The summed E-state index contributed by atoms with van der Waals surface area (Å²) in [6, 6.07) is 8.59. The molecule has 0 aliphatic carbocycles. The van der Waals surface area contributed by atoms with Gasteiger partial charge in [-0.25, -0.2) is 0 Å². The molecular formula is C21H34ClN3O2. The summed E-state index contributed by atoms with van der Waals surface area (Å²) in [6.07, 6.45) is 1.38. The number of amides is 1. The van der Waals surface area contributed by atoms with Gasteiger partial charge in [0.2, 0.25) is 0 Å². The molecule has 0 bridgehead atoms. The minimum absolute atomic E-state index is 0. The lowest BCUT2D eigenvalue weighted by Gasteiger charge is -2.32. The van der Waals surface area contributed by atoms with Crippen LogP contribution in [0.5, 0.6) is 5.75 Å². The number of carbonyl (C=O) groups excluding carboxylic acids is 1. The molecule has 0 spiro atoms. The van der Waals surface area contributed by atoms with Crippen LogP contribution in [0, 0.1) is 0 Å². The third-order valence-electron chi connectivity index (χ3n) is 5.60. The molecule has 2 atom stereocenters. The number of ether oxygens (including phenoxy) is 1. The van der Waals surface area contributed by atoms with Crippen molar-refractivity contribution in [1.29, 1.82) is 0 Å². The Kier molecular flexibility index (Phi) is 8.39. The molecule has 1 aromatic carbocycles. The number of likely N-dealkylation sites (tertiary alicyclic amines) is 1. The second kappa shape index (κ2) is 10.3. The van der Waals surface area contributed by atoms with E-state index in [1.54, 1.807) is 0 Å². The Morgan fingerprint density at radius 1 is 1.22 bits per heavy atom. The van der Waals surface area contributed by atoms with Gasteiger partial charge in [0.25, 0.3) is 5.91 Å². The van der Waals surface area contributed by atoms with Crippen molar-refractivity contribution in [1.82, 2.24) is 15.1 Å². The minimum Gasteiger partial charge on any atom is -0.480 e. The highest BCUT2D eigenvalue weighted by Crippen LogP contribution is 2.28. The Balaban J connectivity index is 0.00000261. The van der Waals surface area contributed by atoms with E-state index in [9.17, 15) is 4.79 Å². The van der Waals surface area contributed by atoms with Gasteiger partial charge in [-0.2, -0.15) is 0 Å². The maximum atomic E-state index is 13.1. The standard InChI is InChI=1S/C21H33N3O2.ClH/c1-4-19(26-20-8-6-5-7-18(20)16(2)3)21(25)24-12-9-17(15-24)23-13-10-22-11-14-23;/h5-8,16-17,19,22H,4,9-15H2,1-3H3;1H. The van der Waals surface area contributed by atoms with Crippen LogP contribution in [0.15, 0.2) is 24.3 Å². The van der Waals surface area contributed by atoms with Crippen molar-refractivity contribution >= 4 is 18.3 Å². The molecule has 152 valence electrons. The smallest absolute Gasteiger partial charge is 0.263 e. The molecule has 2 saturated heterocycles. The number of rotatable bonds is 6. The molecule has 0 radical (unpaired) electrons. The molecule has 0 aromatic heterocycles. The first-order valence-electron chi connectivity index (χ1n) is 10.1. The molecule has 1 N–H and O–H groups in total. The number of hydrogen-bond acceptors (Lipinski definition) is 4. The van der Waals surface area contributed by atoms with E-state index in [0.29, 0.717) is 18.4 Å². The summed E-state index contributed by atoms with van der Waals surface area (Å²) in [5, 5.41) is 3.40. The van der Waals surface area contributed by atoms with Crippen molar-refractivity contribution < 1.29 is 9.53 Å². The Labute approximate surface area is 169 Å². The molecule has 0 saturated carbocycles. The average Bonchev–Trinajstić information content (AvgIpc) is 3.16. The number of nitrogens with one attached hydrogen (secondary N) is 1. The van der Waals surface area contributed by atoms with Crippen molar-refractivity contribution in [3.8, 4) is 5.75 Å². The molecule has 2 unspecified atom stereocenters. The number of para-hydroxylation sites is 1.